The second-order valence-electron chi connectivity index (χ2n) is 4.47. The van der Waals surface area contributed by atoms with Crippen LogP contribution in [0.5, 0.6) is 0 Å². The zero-order valence-electron chi connectivity index (χ0n) is 10.3. The minimum absolute atomic E-state index is 0.136. The molecule has 0 bridgehead atoms. The van der Waals surface area contributed by atoms with Gasteiger partial charge in [0.2, 0.25) is 15.9 Å². The van der Waals surface area contributed by atoms with Gasteiger partial charge in [-0.25, -0.2) is 17.5 Å². The van der Waals surface area contributed by atoms with E-state index in [1.54, 1.807) is 0 Å². The molecule has 1 amide bonds. The van der Waals surface area contributed by atoms with Gasteiger partial charge in [0, 0.05) is 6.04 Å². The van der Waals surface area contributed by atoms with Gasteiger partial charge in [-0.05, 0) is 25.0 Å². The number of carbonyl (C=O) groups is 1. The zero-order valence-corrected chi connectivity index (χ0v) is 11.9. The fourth-order valence-electron chi connectivity index (χ4n) is 1.50. The van der Waals surface area contributed by atoms with Gasteiger partial charge in [0.1, 0.15) is 10.7 Å². The highest BCUT2D eigenvalue weighted by Crippen LogP contribution is 2.26. The van der Waals surface area contributed by atoms with Crippen molar-refractivity contribution in [3.63, 3.8) is 0 Å². The number of hydrogen-bond donors (Lipinski definition) is 3. The summed E-state index contributed by atoms with van der Waals surface area (Å²) in [7, 11) is -4.03. The summed E-state index contributed by atoms with van der Waals surface area (Å²) >= 11 is 5.68. The van der Waals surface area contributed by atoms with E-state index in [1.807, 2.05) is 0 Å². The SMILES string of the molecule is Nc1cc(S(=O)(=O)NCC(=O)NC2CC2)c(Cl)cc1F. The van der Waals surface area contributed by atoms with Crippen LogP contribution in [0.25, 0.3) is 0 Å². The molecule has 0 atom stereocenters. The van der Waals surface area contributed by atoms with Crippen molar-refractivity contribution < 1.29 is 17.6 Å². The van der Waals surface area contributed by atoms with Crippen LogP contribution in [0, 0.1) is 5.82 Å². The van der Waals surface area contributed by atoms with E-state index >= 15 is 0 Å². The summed E-state index contributed by atoms with van der Waals surface area (Å²) in [6.07, 6.45) is 1.80. The smallest absolute Gasteiger partial charge is 0.242 e. The molecule has 1 aromatic rings. The number of amides is 1. The van der Waals surface area contributed by atoms with E-state index in [0.29, 0.717) is 0 Å². The number of halogens is 2. The van der Waals surface area contributed by atoms with Gasteiger partial charge in [0.25, 0.3) is 0 Å². The Bertz CT molecular complexity index is 647. The van der Waals surface area contributed by atoms with Crippen molar-refractivity contribution in [1.29, 1.82) is 0 Å². The molecule has 0 saturated heterocycles. The number of anilines is 1. The molecule has 0 heterocycles. The third-order valence-electron chi connectivity index (χ3n) is 2.71. The lowest BCUT2D eigenvalue weighted by Crippen LogP contribution is -2.37. The first-order chi connectivity index (χ1) is 9.29. The average Bonchev–Trinajstić information content (AvgIpc) is 3.15. The maximum Gasteiger partial charge on any atom is 0.242 e. The van der Waals surface area contributed by atoms with Crippen LogP contribution >= 0.6 is 11.6 Å². The Balaban J connectivity index is 2.09. The number of nitrogens with two attached hydrogens (primary N) is 1. The second kappa shape index (κ2) is 5.55. The average molecular weight is 322 g/mol. The van der Waals surface area contributed by atoms with E-state index in [4.69, 9.17) is 17.3 Å². The van der Waals surface area contributed by atoms with Gasteiger partial charge in [-0.2, -0.15) is 0 Å². The van der Waals surface area contributed by atoms with Crippen molar-refractivity contribution in [3.05, 3.63) is 23.0 Å². The summed E-state index contributed by atoms with van der Waals surface area (Å²) in [6.45, 7) is -0.410. The molecule has 1 aliphatic carbocycles. The van der Waals surface area contributed by atoms with Crippen molar-refractivity contribution in [1.82, 2.24) is 10.0 Å². The summed E-state index contributed by atoms with van der Waals surface area (Å²) < 4.78 is 39.2. The summed E-state index contributed by atoms with van der Waals surface area (Å²) in [5.74, 6) is -1.23. The second-order valence-corrected chi connectivity index (χ2v) is 6.61. The number of nitrogens with one attached hydrogen (secondary N) is 2. The number of benzene rings is 1. The molecule has 110 valence electrons. The van der Waals surface area contributed by atoms with Gasteiger partial charge in [-0.1, -0.05) is 11.6 Å². The fraction of sp³-hybridized carbons (Fsp3) is 0.364. The van der Waals surface area contributed by atoms with Crippen molar-refractivity contribution in [2.45, 2.75) is 23.8 Å². The molecular formula is C11H13ClFN3O3S. The van der Waals surface area contributed by atoms with E-state index in [2.05, 4.69) is 10.0 Å². The highest BCUT2D eigenvalue weighted by atomic mass is 35.5. The summed E-state index contributed by atoms with van der Waals surface area (Å²) in [6, 6.07) is 1.87. The van der Waals surface area contributed by atoms with E-state index in [-0.39, 0.29) is 21.6 Å². The Morgan fingerprint density at radius 1 is 1.45 bits per heavy atom. The minimum Gasteiger partial charge on any atom is -0.396 e. The monoisotopic (exact) mass is 321 g/mol. The lowest BCUT2D eigenvalue weighted by molar-refractivity contribution is -0.120. The summed E-state index contributed by atoms with van der Waals surface area (Å²) in [4.78, 5) is 11.1. The van der Waals surface area contributed by atoms with E-state index in [1.165, 1.54) is 0 Å². The predicted octanol–water partition coefficient (Wildman–Crippen LogP) is 0.618. The van der Waals surface area contributed by atoms with Crippen molar-refractivity contribution in [2.75, 3.05) is 12.3 Å². The number of nitrogen functional groups attached to an aromatic ring is 1. The van der Waals surface area contributed by atoms with Gasteiger partial charge in [-0.3, -0.25) is 4.79 Å². The first-order valence-electron chi connectivity index (χ1n) is 5.83. The van der Waals surface area contributed by atoms with Crippen LogP contribution in [0.15, 0.2) is 17.0 Å². The molecule has 6 nitrogen and oxygen atoms in total. The third kappa shape index (κ3) is 3.59. The van der Waals surface area contributed by atoms with Crippen LogP contribution in [-0.2, 0) is 14.8 Å². The minimum atomic E-state index is -4.03. The first-order valence-corrected chi connectivity index (χ1v) is 7.69. The molecular weight excluding hydrogens is 309 g/mol. The van der Waals surface area contributed by atoms with Crippen LogP contribution in [0.3, 0.4) is 0 Å². The molecule has 1 aliphatic rings. The quantitative estimate of drug-likeness (QED) is 0.692. The van der Waals surface area contributed by atoms with Crippen molar-refractivity contribution >= 4 is 33.2 Å². The largest absolute Gasteiger partial charge is 0.396 e. The maximum atomic E-state index is 13.1. The fourth-order valence-corrected chi connectivity index (χ4v) is 3.02. The highest BCUT2D eigenvalue weighted by Gasteiger charge is 2.25. The third-order valence-corrected chi connectivity index (χ3v) is 4.57. The van der Waals surface area contributed by atoms with E-state index in [9.17, 15) is 17.6 Å². The molecule has 2 rings (SSSR count). The lowest BCUT2D eigenvalue weighted by atomic mass is 10.3. The molecule has 1 aromatic carbocycles. The Kier molecular flexibility index (Phi) is 4.17. The molecule has 4 N–H and O–H groups in total. The van der Waals surface area contributed by atoms with Crippen LogP contribution in [-0.4, -0.2) is 26.9 Å². The highest BCUT2D eigenvalue weighted by molar-refractivity contribution is 7.89. The molecule has 0 aliphatic heterocycles. The topological polar surface area (TPSA) is 101 Å². The zero-order chi connectivity index (χ0) is 14.9. The predicted molar refractivity (Wildman–Crippen MR) is 72.2 cm³/mol. The standard InChI is InChI=1S/C11H13ClFN3O3S/c12-7-3-8(13)9(14)4-10(7)20(18,19)15-5-11(17)16-6-1-2-6/h3-4,6,15H,1-2,5,14H2,(H,16,17). The van der Waals surface area contributed by atoms with E-state index < -0.39 is 28.3 Å². The summed E-state index contributed by atoms with van der Waals surface area (Å²) in [5.41, 5.74) is 4.98. The van der Waals surface area contributed by atoms with Crippen LogP contribution in [0.4, 0.5) is 10.1 Å². The van der Waals surface area contributed by atoms with Crippen LogP contribution < -0.4 is 15.8 Å². The van der Waals surface area contributed by atoms with Gasteiger partial charge < -0.3 is 11.1 Å². The molecule has 0 radical (unpaired) electrons. The Morgan fingerprint density at radius 3 is 2.70 bits per heavy atom. The molecule has 0 unspecified atom stereocenters. The van der Waals surface area contributed by atoms with Gasteiger partial charge in [0.15, 0.2) is 0 Å². The lowest BCUT2D eigenvalue weighted by Gasteiger charge is -2.09. The van der Waals surface area contributed by atoms with Crippen LogP contribution in [0.1, 0.15) is 12.8 Å². The number of rotatable bonds is 5. The molecule has 0 aromatic heterocycles. The first kappa shape index (κ1) is 15.0. The van der Waals surface area contributed by atoms with Crippen molar-refractivity contribution in [2.24, 2.45) is 0 Å². The molecule has 1 fully saturated rings. The Labute approximate surface area is 120 Å². The molecule has 9 heteroatoms. The normalized spacial score (nSPS) is 15.1. The number of sulfonamides is 1. The number of carbonyl (C=O) groups excluding carboxylic acids is 1. The number of hydrogen-bond acceptors (Lipinski definition) is 4. The van der Waals surface area contributed by atoms with E-state index in [0.717, 1.165) is 25.0 Å². The Morgan fingerprint density at radius 2 is 2.10 bits per heavy atom. The van der Waals surface area contributed by atoms with Gasteiger partial charge in [0.05, 0.1) is 17.3 Å². The van der Waals surface area contributed by atoms with Gasteiger partial charge >= 0.3 is 0 Å². The van der Waals surface area contributed by atoms with Crippen LogP contribution in [0.2, 0.25) is 5.02 Å². The molecule has 0 spiro atoms. The maximum absolute atomic E-state index is 13.1. The Hall–Kier alpha value is -1.38. The summed E-state index contributed by atoms with van der Waals surface area (Å²) in [5, 5.41) is 2.33. The van der Waals surface area contributed by atoms with Gasteiger partial charge in [-0.15, -0.1) is 0 Å². The van der Waals surface area contributed by atoms with Crippen molar-refractivity contribution in [3.8, 4) is 0 Å². The molecule has 1 saturated carbocycles. The molecule has 20 heavy (non-hydrogen) atoms.